The summed E-state index contributed by atoms with van der Waals surface area (Å²) >= 11 is 5.84. The normalized spacial score (nSPS) is 17.6. The van der Waals surface area contributed by atoms with Crippen molar-refractivity contribution in [3.8, 4) is 0 Å². The molecule has 1 aromatic rings. The summed E-state index contributed by atoms with van der Waals surface area (Å²) in [5.74, 6) is 0. The van der Waals surface area contributed by atoms with Crippen LogP contribution in [0.3, 0.4) is 0 Å². The summed E-state index contributed by atoms with van der Waals surface area (Å²) < 4.78 is 0. The van der Waals surface area contributed by atoms with E-state index in [2.05, 4.69) is 10.2 Å². The van der Waals surface area contributed by atoms with Gasteiger partial charge in [-0.1, -0.05) is 23.7 Å². The maximum Gasteiger partial charge on any atom is 0.404 e. The topological polar surface area (TPSA) is 52.6 Å². The first-order valence-electron chi connectivity index (χ1n) is 6.10. The first kappa shape index (κ1) is 13.2. The van der Waals surface area contributed by atoms with Crippen molar-refractivity contribution in [3.63, 3.8) is 0 Å². The second-order valence-electron chi connectivity index (χ2n) is 4.63. The van der Waals surface area contributed by atoms with E-state index in [-0.39, 0.29) is 6.04 Å². The van der Waals surface area contributed by atoms with Gasteiger partial charge in [0.1, 0.15) is 0 Å². The molecule has 2 rings (SSSR count). The maximum absolute atomic E-state index is 10.5. The van der Waals surface area contributed by atoms with E-state index in [9.17, 15) is 4.79 Å². The van der Waals surface area contributed by atoms with Gasteiger partial charge in [0.05, 0.1) is 0 Å². The van der Waals surface area contributed by atoms with Crippen molar-refractivity contribution >= 4 is 17.7 Å². The number of amides is 1. The average Bonchev–Trinajstić information content (AvgIpc) is 2.34. The Hall–Kier alpha value is -1.26. The van der Waals surface area contributed by atoms with Gasteiger partial charge in [-0.15, -0.1) is 0 Å². The van der Waals surface area contributed by atoms with Crippen molar-refractivity contribution in [3.05, 3.63) is 34.9 Å². The van der Waals surface area contributed by atoms with Crippen LogP contribution in [0.25, 0.3) is 0 Å². The summed E-state index contributed by atoms with van der Waals surface area (Å²) in [6.07, 6.45) is 0.825. The first-order chi connectivity index (χ1) is 8.63. The molecule has 5 heteroatoms. The Bertz CT molecular complexity index is 400. The van der Waals surface area contributed by atoms with Crippen molar-refractivity contribution < 1.29 is 9.90 Å². The van der Waals surface area contributed by atoms with E-state index in [4.69, 9.17) is 16.7 Å². The van der Waals surface area contributed by atoms with Crippen LogP contribution in [0.2, 0.25) is 5.02 Å². The molecule has 1 saturated heterocycles. The summed E-state index contributed by atoms with van der Waals surface area (Å²) in [5, 5.41) is 12.0. The molecule has 0 radical (unpaired) electrons. The summed E-state index contributed by atoms with van der Waals surface area (Å²) in [4.78, 5) is 12.9. The van der Waals surface area contributed by atoms with Crippen LogP contribution in [0.1, 0.15) is 18.4 Å². The molecule has 4 nitrogen and oxygen atoms in total. The molecular weight excluding hydrogens is 252 g/mol. The second-order valence-corrected chi connectivity index (χ2v) is 5.06. The van der Waals surface area contributed by atoms with Crippen molar-refractivity contribution in [1.82, 2.24) is 10.2 Å². The van der Waals surface area contributed by atoms with Gasteiger partial charge in [0, 0.05) is 30.7 Å². The minimum atomic E-state index is -0.925. The minimum absolute atomic E-state index is 0.101. The Balaban J connectivity index is 1.79. The second kappa shape index (κ2) is 6.07. The van der Waals surface area contributed by atoms with Crippen molar-refractivity contribution in [2.75, 3.05) is 13.1 Å². The van der Waals surface area contributed by atoms with Crippen LogP contribution in [-0.4, -0.2) is 35.2 Å². The van der Waals surface area contributed by atoms with Gasteiger partial charge < -0.3 is 10.4 Å². The number of benzene rings is 1. The number of halogens is 1. The van der Waals surface area contributed by atoms with E-state index in [0.29, 0.717) is 0 Å². The highest BCUT2D eigenvalue weighted by Crippen LogP contribution is 2.15. The first-order valence-corrected chi connectivity index (χ1v) is 6.47. The molecule has 0 atom stereocenters. The van der Waals surface area contributed by atoms with E-state index in [1.165, 1.54) is 5.56 Å². The highest BCUT2D eigenvalue weighted by Gasteiger charge is 2.20. The average molecular weight is 269 g/mol. The lowest BCUT2D eigenvalue weighted by atomic mass is 10.0. The summed E-state index contributed by atoms with van der Waals surface area (Å²) in [6, 6.07) is 7.96. The predicted molar refractivity (Wildman–Crippen MR) is 70.9 cm³/mol. The van der Waals surface area contributed by atoms with Crippen LogP contribution in [0.5, 0.6) is 0 Å². The van der Waals surface area contributed by atoms with Gasteiger partial charge in [0.15, 0.2) is 0 Å². The maximum atomic E-state index is 10.5. The van der Waals surface area contributed by atoms with Gasteiger partial charge >= 0.3 is 6.09 Å². The molecule has 1 fully saturated rings. The Morgan fingerprint density at radius 2 is 1.94 bits per heavy atom. The molecular formula is C13H17ClN2O2. The molecule has 0 unspecified atom stereocenters. The Labute approximate surface area is 112 Å². The lowest BCUT2D eigenvalue weighted by molar-refractivity contribution is 0.165. The van der Waals surface area contributed by atoms with Gasteiger partial charge in [-0.25, -0.2) is 4.79 Å². The zero-order chi connectivity index (χ0) is 13.0. The van der Waals surface area contributed by atoms with Gasteiger partial charge in [-0.05, 0) is 30.5 Å². The van der Waals surface area contributed by atoms with Crippen LogP contribution in [0.4, 0.5) is 4.79 Å². The Morgan fingerprint density at radius 1 is 1.33 bits per heavy atom. The smallest absolute Gasteiger partial charge is 0.404 e. The molecule has 0 aromatic heterocycles. The predicted octanol–water partition coefficient (Wildman–Crippen LogP) is 2.57. The van der Waals surface area contributed by atoms with Crippen molar-refractivity contribution in [2.24, 2.45) is 0 Å². The van der Waals surface area contributed by atoms with E-state index >= 15 is 0 Å². The zero-order valence-electron chi connectivity index (χ0n) is 10.1. The van der Waals surface area contributed by atoms with Crippen LogP contribution >= 0.6 is 11.6 Å². The van der Waals surface area contributed by atoms with E-state index in [1.54, 1.807) is 0 Å². The summed E-state index contributed by atoms with van der Waals surface area (Å²) in [5.41, 5.74) is 1.24. The molecule has 1 amide bonds. The molecule has 1 aliphatic rings. The molecule has 1 aliphatic heterocycles. The van der Waals surface area contributed by atoms with E-state index in [0.717, 1.165) is 37.5 Å². The molecule has 0 bridgehead atoms. The number of hydrogen-bond acceptors (Lipinski definition) is 2. The lowest BCUT2D eigenvalue weighted by Gasteiger charge is -2.31. The Kier molecular flexibility index (Phi) is 4.44. The number of hydrogen-bond donors (Lipinski definition) is 2. The molecule has 0 saturated carbocycles. The largest absolute Gasteiger partial charge is 0.465 e. The zero-order valence-corrected chi connectivity index (χ0v) is 10.9. The van der Waals surface area contributed by atoms with Crippen molar-refractivity contribution in [1.29, 1.82) is 0 Å². The summed E-state index contributed by atoms with van der Waals surface area (Å²) in [6.45, 7) is 2.75. The fourth-order valence-electron chi connectivity index (χ4n) is 2.26. The number of nitrogens with zero attached hydrogens (tertiary/aromatic N) is 1. The van der Waals surface area contributed by atoms with Crippen LogP contribution < -0.4 is 5.32 Å². The van der Waals surface area contributed by atoms with Gasteiger partial charge in [-0.3, -0.25) is 4.90 Å². The molecule has 18 heavy (non-hydrogen) atoms. The highest BCUT2D eigenvalue weighted by atomic mass is 35.5. The SMILES string of the molecule is O=C(O)NC1CCN(Cc2ccc(Cl)cc2)CC1. The summed E-state index contributed by atoms with van der Waals surface area (Å²) in [7, 11) is 0. The third kappa shape index (κ3) is 3.89. The molecule has 0 spiro atoms. The van der Waals surface area contributed by atoms with E-state index < -0.39 is 6.09 Å². The van der Waals surface area contributed by atoms with Gasteiger partial charge in [-0.2, -0.15) is 0 Å². The number of nitrogens with one attached hydrogen (secondary N) is 1. The molecule has 1 heterocycles. The van der Waals surface area contributed by atoms with Crippen LogP contribution in [-0.2, 0) is 6.54 Å². The molecule has 0 aliphatic carbocycles. The monoisotopic (exact) mass is 268 g/mol. The highest BCUT2D eigenvalue weighted by molar-refractivity contribution is 6.30. The molecule has 2 N–H and O–H groups in total. The standard InChI is InChI=1S/C13H17ClN2O2/c14-11-3-1-10(2-4-11)9-16-7-5-12(6-8-16)15-13(17)18/h1-4,12,15H,5-9H2,(H,17,18). The fourth-order valence-corrected chi connectivity index (χ4v) is 2.38. The molecule has 98 valence electrons. The minimum Gasteiger partial charge on any atom is -0.465 e. The molecule has 1 aromatic carbocycles. The fraction of sp³-hybridized carbons (Fsp3) is 0.462. The third-order valence-corrected chi connectivity index (χ3v) is 3.49. The number of likely N-dealkylation sites (tertiary alicyclic amines) is 1. The lowest BCUT2D eigenvalue weighted by Crippen LogP contribution is -2.43. The number of piperidine rings is 1. The number of carbonyl (C=O) groups is 1. The van der Waals surface area contributed by atoms with Gasteiger partial charge in [0.2, 0.25) is 0 Å². The Morgan fingerprint density at radius 3 is 2.50 bits per heavy atom. The van der Waals surface area contributed by atoms with E-state index in [1.807, 2.05) is 24.3 Å². The number of carboxylic acid groups (broad SMARTS) is 1. The number of rotatable bonds is 3. The third-order valence-electron chi connectivity index (χ3n) is 3.23. The van der Waals surface area contributed by atoms with Crippen molar-refractivity contribution in [2.45, 2.75) is 25.4 Å². The van der Waals surface area contributed by atoms with Crippen LogP contribution in [0, 0.1) is 0 Å². The van der Waals surface area contributed by atoms with Crippen LogP contribution in [0.15, 0.2) is 24.3 Å². The quantitative estimate of drug-likeness (QED) is 0.886. The van der Waals surface area contributed by atoms with Gasteiger partial charge in [0.25, 0.3) is 0 Å².